The van der Waals surface area contributed by atoms with Crippen LogP contribution in [0.2, 0.25) is 0 Å². The van der Waals surface area contributed by atoms with Gasteiger partial charge < -0.3 is 5.32 Å². The highest BCUT2D eigenvalue weighted by molar-refractivity contribution is 7.90. The van der Waals surface area contributed by atoms with E-state index >= 15 is 0 Å². The molecule has 0 fully saturated rings. The highest BCUT2D eigenvalue weighted by Crippen LogP contribution is 2.13. The standard InChI is InChI=1S/C18H20FNO3S/c1-14(15-7-3-2-4-8-15)20-18(21)11-12-24(22,23)13-16-9-5-6-10-17(16)19/h2-10,14H,11-13H2,1H3,(H,20,21). The maximum absolute atomic E-state index is 13.5. The second-order valence-electron chi connectivity index (χ2n) is 5.63. The summed E-state index contributed by atoms with van der Waals surface area (Å²) >= 11 is 0. The van der Waals surface area contributed by atoms with E-state index in [1.165, 1.54) is 18.2 Å². The number of hydrogen-bond donors (Lipinski definition) is 1. The maximum Gasteiger partial charge on any atom is 0.221 e. The molecule has 1 atom stereocenters. The zero-order chi connectivity index (χ0) is 17.6. The number of benzene rings is 2. The number of rotatable bonds is 7. The van der Waals surface area contributed by atoms with Gasteiger partial charge in [0.25, 0.3) is 0 Å². The first kappa shape index (κ1) is 18.1. The molecular formula is C18H20FNO3S. The number of amides is 1. The molecule has 0 spiro atoms. The first-order valence-corrected chi connectivity index (χ1v) is 9.47. The number of hydrogen-bond acceptors (Lipinski definition) is 3. The van der Waals surface area contributed by atoms with Crippen LogP contribution in [0.15, 0.2) is 54.6 Å². The van der Waals surface area contributed by atoms with Crippen LogP contribution in [0, 0.1) is 5.82 Å². The normalized spacial score (nSPS) is 12.6. The van der Waals surface area contributed by atoms with E-state index in [0.717, 1.165) is 5.56 Å². The van der Waals surface area contributed by atoms with Crippen LogP contribution < -0.4 is 5.32 Å². The lowest BCUT2D eigenvalue weighted by Crippen LogP contribution is -2.28. The fourth-order valence-electron chi connectivity index (χ4n) is 2.31. The molecule has 1 unspecified atom stereocenters. The molecule has 2 aromatic carbocycles. The zero-order valence-corrected chi connectivity index (χ0v) is 14.2. The van der Waals surface area contributed by atoms with Crippen molar-refractivity contribution in [3.63, 3.8) is 0 Å². The Bertz CT molecular complexity index is 791. The molecule has 0 aliphatic rings. The van der Waals surface area contributed by atoms with Gasteiger partial charge >= 0.3 is 0 Å². The summed E-state index contributed by atoms with van der Waals surface area (Å²) in [5, 5.41) is 2.77. The van der Waals surface area contributed by atoms with Crippen molar-refractivity contribution < 1.29 is 17.6 Å². The molecular weight excluding hydrogens is 329 g/mol. The van der Waals surface area contributed by atoms with Gasteiger partial charge in [0.1, 0.15) is 5.82 Å². The molecule has 4 nitrogen and oxygen atoms in total. The molecule has 128 valence electrons. The van der Waals surface area contributed by atoms with Crippen molar-refractivity contribution >= 4 is 15.7 Å². The minimum absolute atomic E-state index is 0.121. The molecule has 0 heterocycles. The summed E-state index contributed by atoms with van der Waals surface area (Å²) in [4.78, 5) is 11.9. The first-order chi connectivity index (χ1) is 11.4. The number of carbonyl (C=O) groups excluding carboxylic acids is 1. The summed E-state index contributed by atoms with van der Waals surface area (Å²) in [6.45, 7) is 1.83. The van der Waals surface area contributed by atoms with E-state index in [1.54, 1.807) is 6.07 Å². The Morgan fingerprint density at radius 1 is 1.08 bits per heavy atom. The lowest BCUT2D eigenvalue weighted by atomic mass is 10.1. The van der Waals surface area contributed by atoms with Crippen LogP contribution in [0.5, 0.6) is 0 Å². The van der Waals surface area contributed by atoms with Crippen molar-refractivity contribution in [3.8, 4) is 0 Å². The van der Waals surface area contributed by atoms with E-state index in [4.69, 9.17) is 0 Å². The van der Waals surface area contributed by atoms with E-state index in [9.17, 15) is 17.6 Å². The van der Waals surface area contributed by atoms with Gasteiger partial charge in [-0.25, -0.2) is 12.8 Å². The molecule has 24 heavy (non-hydrogen) atoms. The Kier molecular flexibility index (Phi) is 6.09. The molecule has 0 aliphatic heterocycles. The van der Waals surface area contributed by atoms with E-state index in [2.05, 4.69) is 5.32 Å². The van der Waals surface area contributed by atoms with Crippen molar-refractivity contribution in [1.82, 2.24) is 5.32 Å². The van der Waals surface area contributed by atoms with Crippen LogP contribution in [-0.4, -0.2) is 20.1 Å². The van der Waals surface area contributed by atoms with Gasteiger partial charge in [-0.05, 0) is 18.6 Å². The van der Waals surface area contributed by atoms with E-state index in [1.807, 2.05) is 37.3 Å². The van der Waals surface area contributed by atoms with Crippen LogP contribution in [0.3, 0.4) is 0 Å². The Morgan fingerprint density at radius 2 is 1.71 bits per heavy atom. The minimum Gasteiger partial charge on any atom is -0.350 e. The highest BCUT2D eigenvalue weighted by atomic mass is 32.2. The molecule has 0 saturated heterocycles. The summed E-state index contributed by atoms with van der Waals surface area (Å²) in [5.74, 6) is -1.61. The molecule has 1 amide bonds. The fraction of sp³-hybridized carbons (Fsp3) is 0.278. The fourth-order valence-corrected chi connectivity index (χ4v) is 3.66. The SMILES string of the molecule is CC(NC(=O)CCS(=O)(=O)Cc1ccccc1F)c1ccccc1. The molecule has 0 aliphatic carbocycles. The van der Waals surface area contributed by atoms with Crippen molar-refractivity contribution in [2.24, 2.45) is 0 Å². The first-order valence-electron chi connectivity index (χ1n) is 7.65. The van der Waals surface area contributed by atoms with Gasteiger partial charge in [-0.1, -0.05) is 48.5 Å². The molecule has 0 bridgehead atoms. The third-order valence-electron chi connectivity index (χ3n) is 3.65. The number of halogens is 1. The summed E-state index contributed by atoms with van der Waals surface area (Å²) in [5.41, 5.74) is 1.07. The molecule has 0 aromatic heterocycles. The minimum atomic E-state index is -3.55. The Morgan fingerprint density at radius 3 is 2.38 bits per heavy atom. The Balaban J connectivity index is 1.87. The second kappa shape index (κ2) is 8.06. The molecule has 2 rings (SSSR count). The molecule has 0 saturated carbocycles. The summed E-state index contributed by atoms with van der Waals surface area (Å²) in [6.07, 6.45) is -0.145. The molecule has 0 radical (unpaired) electrons. The van der Waals surface area contributed by atoms with E-state index < -0.39 is 21.4 Å². The predicted molar refractivity (Wildman–Crippen MR) is 91.5 cm³/mol. The van der Waals surface area contributed by atoms with Gasteiger partial charge in [-0.15, -0.1) is 0 Å². The van der Waals surface area contributed by atoms with Gasteiger partial charge in [0.15, 0.2) is 9.84 Å². The Hall–Kier alpha value is -2.21. The number of nitrogens with one attached hydrogen (secondary N) is 1. The third-order valence-corrected chi connectivity index (χ3v) is 5.23. The van der Waals surface area contributed by atoms with Crippen LogP contribution in [0.1, 0.15) is 30.5 Å². The second-order valence-corrected chi connectivity index (χ2v) is 7.82. The quantitative estimate of drug-likeness (QED) is 0.836. The third kappa shape index (κ3) is 5.45. The van der Waals surface area contributed by atoms with E-state index in [0.29, 0.717) is 0 Å². The summed E-state index contributed by atoms with van der Waals surface area (Å²) in [6, 6.07) is 14.9. The number of sulfone groups is 1. The summed E-state index contributed by atoms with van der Waals surface area (Å²) < 4.78 is 37.7. The van der Waals surface area contributed by atoms with Crippen LogP contribution >= 0.6 is 0 Å². The lowest BCUT2D eigenvalue weighted by Gasteiger charge is -2.14. The largest absolute Gasteiger partial charge is 0.350 e. The van der Waals surface area contributed by atoms with Crippen molar-refractivity contribution in [3.05, 3.63) is 71.5 Å². The highest BCUT2D eigenvalue weighted by Gasteiger charge is 2.17. The molecule has 2 aromatic rings. The van der Waals surface area contributed by atoms with Crippen LogP contribution in [-0.2, 0) is 20.4 Å². The smallest absolute Gasteiger partial charge is 0.221 e. The van der Waals surface area contributed by atoms with Crippen molar-refractivity contribution in [2.75, 3.05) is 5.75 Å². The van der Waals surface area contributed by atoms with Gasteiger partial charge in [-0.3, -0.25) is 4.79 Å². The lowest BCUT2D eigenvalue weighted by molar-refractivity contribution is -0.121. The Labute approximate surface area is 141 Å². The van der Waals surface area contributed by atoms with Crippen LogP contribution in [0.25, 0.3) is 0 Å². The van der Waals surface area contributed by atoms with Crippen molar-refractivity contribution in [1.29, 1.82) is 0 Å². The van der Waals surface area contributed by atoms with Gasteiger partial charge in [0.05, 0.1) is 17.5 Å². The maximum atomic E-state index is 13.5. The van der Waals surface area contributed by atoms with Crippen LogP contribution in [0.4, 0.5) is 4.39 Å². The predicted octanol–water partition coefficient (Wildman–Crippen LogP) is 3.01. The van der Waals surface area contributed by atoms with Gasteiger partial charge in [0.2, 0.25) is 5.91 Å². The van der Waals surface area contributed by atoms with Crippen molar-refractivity contribution in [2.45, 2.75) is 25.1 Å². The molecule has 1 N–H and O–H groups in total. The topological polar surface area (TPSA) is 63.2 Å². The average Bonchev–Trinajstić information content (AvgIpc) is 2.56. The molecule has 6 heteroatoms. The summed E-state index contributed by atoms with van der Waals surface area (Å²) in [7, 11) is -3.55. The van der Waals surface area contributed by atoms with Gasteiger partial charge in [0, 0.05) is 12.0 Å². The van der Waals surface area contributed by atoms with E-state index in [-0.39, 0.29) is 29.7 Å². The van der Waals surface area contributed by atoms with Gasteiger partial charge in [-0.2, -0.15) is 0 Å². The monoisotopic (exact) mass is 349 g/mol. The number of carbonyl (C=O) groups is 1. The zero-order valence-electron chi connectivity index (χ0n) is 13.4. The average molecular weight is 349 g/mol.